The Morgan fingerprint density at radius 3 is 2.46 bits per heavy atom. The van der Waals surface area contributed by atoms with Crippen molar-refractivity contribution in [3.05, 3.63) is 65.7 Å². The molecule has 0 aromatic heterocycles. The molecule has 3 heteroatoms. The SMILES string of the molecule is CC[C@@]1(CC(C)C)C[S@](=O)c2ccccc2C(c2ccccc2)N1. The summed E-state index contributed by atoms with van der Waals surface area (Å²) in [5.41, 5.74) is 2.30. The van der Waals surface area contributed by atoms with Gasteiger partial charge in [-0.05, 0) is 36.0 Å². The van der Waals surface area contributed by atoms with Gasteiger partial charge < -0.3 is 0 Å². The minimum Gasteiger partial charge on any atom is -0.300 e. The molecule has 0 bridgehead atoms. The molecule has 1 heterocycles. The number of nitrogens with one attached hydrogen (secondary N) is 1. The molecule has 1 aliphatic heterocycles. The zero-order chi connectivity index (χ0) is 17.2. The van der Waals surface area contributed by atoms with Crippen molar-refractivity contribution in [1.29, 1.82) is 0 Å². The lowest BCUT2D eigenvalue weighted by Gasteiger charge is -2.37. The Labute approximate surface area is 148 Å². The van der Waals surface area contributed by atoms with E-state index in [9.17, 15) is 4.21 Å². The molecular formula is C21H27NOS. The van der Waals surface area contributed by atoms with E-state index < -0.39 is 10.8 Å². The van der Waals surface area contributed by atoms with Gasteiger partial charge in [0.05, 0.1) is 16.8 Å². The Balaban J connectivity index is 2.12. The van der Waals surface area contributed by atoms with E-state index in [0.29, 0.717) is 11.7 Å². The molecule has 0 saturated heterocycles. The van der Waals surface area contributed by atoms with Gasteiger partial charge in [-0.25, -0.2) is 0 Å². The van der Waals surface area contributed by atoms with Crippen LogP contribution >= 0.6 is 0 Å². The molecule has 0 fully saturated rings. The second kappa shape index (κ2) is 7.20. The van der Waals surface area contributed by atoms with Crippen LogP contribution in [0.2, 0.25) is 0 Å². The highest BCUT2D eigenvalue weighted by Crippen LogP contribution is 2.36. The van der Waals surface area contributed by atoms with Gasteiger partial charge in [-0.3, -0.25) is 9.53 Å². The molecule has 2 aromatic rings. The molecule has 1 unspecified atom stereocenters. The molecular weight excluding hydrogens is 314 g/mol. The molecule has 1 aliphatic rings. The van der Waals surface area contributed by atoms with Crippen LogP contribution in [0.1, 0.15) is 50.8 Å². The lowest BCUT2D eigenvalue weighted by Crippen LogP contribution is -2.50. The summed E-state index contributed by atoms with van der Waals surface area (Å²) in [6.45, 7) is 6.71. The monoisotopic (exact) mass is 341 g/mol. The van der Waals surface area contributed by atoms with Crippen LogP contribution in [0.15, 0.2) is 59.5 Å². The molecule has 1 N–H and O–H groups in total. The summed E-state index contributed by atoms with van der Waals surface area (Å²) in [7, 11) is -0.975. The number of rotatable bonds is 4. The third kappa shape index (κ3) is 3.47. The third-order valence-corrected chi connectivity index (χ3v) is 6.62. The first-order valence-corrected chi connectivity index (χ1v) is 10.2. The van der Waals surface area contributed by atoms with Gasteiger partial charge in [0, 0.05) is 16.2 Å². The van der Waals surface area contributed by atoms with Gasteiger partial charge in [0.15, 0.2) is 0 Å². The summed E-state index contributed by atoms with van der Waals surface area (Å²) in [5, 5.41) is 3.92. The third-order valence-electron chi connectivity index (χ3n) is 4.94. The summed E-state index contributed by atoms with van der Waals surface area (Å²) in [5.74, 6) is 1.24. The van der Waals surface area contributed by atoms with Gasteiger partial charge in [-0.1, -0.05) is 69.3 Å². The van der Waals surface area contributed by atoms with Crippen molar-refractivity contribution in [1.82, 2.24) is 5.32 Å². The van der Waals surface area contributed by atoms with Crippen LogP contribution in [0.5, 0.6) is 0 Å². The smallest absolute Gasteiger partial charge is 0.0593 e. The number of hydrogen-bond acceptors (Lipinski definition) is 2. The molecule has 0 spiro atoms. The molecule has 0 radical (unpaired) electrons. The second-order valence-corrected chi connectivity index (χ2v) is 8.67. The first kappa shape index (κ1) is 17.4. The largest absolute Gasteiger partial charge is 0.300 e. The highest BCUT2D eigenvalue weighted by Gasteiger charge is 2.38. The quantitative estimate of drug-likeness (QED) is 0.875. The van der Waals surface area contributed by atoms with Crippen LogP contribution in [-0.4, -0.2) is 15.5 Å². The van der Waals surface area contributed by atoms with Crippen LogP contribution in [0.4, 0.5) is 0 Å². The first-order valence-electron chi connectivity index (χ1n) is 8.84. The first-order chi connectivity index (χ1) is 11.5. The Hall–Kier alpha value is -1.45. The molecule has 0 amide bonds. The van der Waals surface area contributed by atoms with Gasteiger partial charge in [0.1, 0.15) is 0 Å². The highest BCUT2D eigenvalue weighted by molar-refractivity contribution is 7.85. The average Bonchev–Trinajstić information content (AvgIpc) is 2.71. The van der Waals surface area contributed by atoms with E-state index in [1.807, 2.05) is 18.2 Å². The van der Waals surface area contributed by atoms with E-state index in [-0.39, 0.29) is 11.6 Å². The average molecular weight is 342 g/mol. The molecule has 2 aromatic carbocycles. The van der Waals surface area contributed by atoms with Crippen molar-refractivity contribution in [2.45, 2.75) is 50.1 Å². The van der Waals surface area contributed by atoms with Gasteiger partial charge in [-0.15, -0.1) is 0 Å². The van der Waals surface area contributed by atoms with Crippen molar-refractivity contribution in [3.8, 4) is 0 Å². The standard InChI is InChI=1S/C21H27NOS/c1-4-21(14-16(2)3)15-24(23)19-13-9-8-12-18(19)20(22-21)17-10-6-5-7-11-17/h5-13,16,20,22H,4,14-15H2,1-3H3/t20?,21-,24+/m1/s1. The fourth-order valence-corrected chi connectivity index (χ4v) is 5.58. The fraction of sp³-hybridized carbons (Fsp3) is 0.429. The zero-order valence-corrected chi connectivity index (χ0v) is 15.6. The predicted molar refractivity (Wildman–Crippen MR) is 102 cm³/mol. The van der Waals surface area contributed by atoms with E-state index in [1.54, 1.807) is 0 Å². The fourth-order valence-electron chi connectivity index (χ4n) is 3.84. The summed E-state index contributed by atoms with van der Waals surface area (Å²) < 4.78 is 13.1. The van der Waals surface area contributed by atoms with Crippen molar-refractivity contribution in [2.75, 3.05) is 5.75 Å². The summed E-state index contributed by atoms with van der Waals surface area (Å²) in [6.07, 6.45) is 2.01. The Kier molecular flexibility index (Phi) is 5.21. The van der Waals surface area contributed by atoms with Crippen LogP contribution in [0, 0.1) is 5.92 Å². The number of fused-ring (bicyclic) bond motifs is 1. The molecule has 3 rings (SSSR count). The van der Waals surface area contributed by atoms with Crippen molar-refractivity contribution < 1.29 is 4.21 Å². The lowest BCUT2D eigenvalue weighted by atomic mass is 9.85. The second-order valence-electron chi connectivity index (χ2n) is 7.25. The van der Waals surface area contributed by atoms with E-state index >= 15 is 0 Å². The van der Waals surface area contributed by atoms with Crippen LogP contribution < -0.4 is 5.32 Å². The molecule has 2 nitrogen and oxygen atoms in total. The zero-order valence-electron chi connectivity index (χ0n) is 14.8. The Morgan fingerprint density at radius 1 is 1.12 bits per heavy atom. The summed E-state index contributed by atoms with van der Waals surface area (Å²) in [6, 6.07) is 18.8. The van der Waals surface area contributed by atoms with Crippen molar-refractivity contribution in [2.24, 2.45) is 5.92 Å². The van der Waals surface area contributed by atoms with Crippen LogP contribution in [-0.2, 0) is 10.8 Å². The Morgan fingerprint density at radius 2 is 1.79 bits per heavy atom. The molecule has 24 heavy (non-hydrogen) atoms. The Bertz CT molecular complexity index is 713. The molecule has 0 aliphatic carbocycles. The molecule has 3 atom stereocenters. The molecule has 128 valence electrons. The van der Waals surface area contributed by atoms with E-state index in [2.05, 4.69) is 62.5 Å². The topological polar surface area (TPSA) is 29.1 Å². The maximum Gasteiger partial charge on any atom is 0.0593 e. The van der Waals surface area contributed by atoms with Gasteiger partial charge >= 0.3 is 0 Å². The lowest BCUT2D eigenvalue weighted by molar-refractivity contribution is 0.271. The molecule has 0 saturated carbocycles. The van der Waals surface area contributed by atoms with E-state index in [1.165, 1.54) is 5.56 Å². The van der Waals surface area contributed by atoms with E-state index in [4.69, 9.17) is 0 Å². The summed E-state index contributed by atoms with van der Waals surface area (Å²) in [4.78, 5) is 0.984. The normalized spacial score (nSPS) is 26.8. The van der Waals surface area contributed by atoms with Crippen LogP contribution in [0.3, 0.4) is 0 Å². The van der Waals surface area contributed by atoms with Crippen molar-refractivity contribution >= 4 is 10.8 Å². The minimum absolute atomic E-state index is 0.0903. The summed E-state index contributed by atoms with van der Waals surface area (Å²) >= 11 is 0. The van der Waals surface area contributed by atoms with Gasteiger partial charge in [0.2, 0.25) is 0 Å². The van der Waals surface area contributed by atoms with Gasteiger partial charge in [-0.2, -0.15) is 0 Å². The highest BCUT2D eigenvalue weighted by atomic mass is 32.2. The minimum atomic E-state index is -0.975. The maximum atomic E-state index is 13.1. The predicted octanol–water partition coefficient (Wildman–Crippen LogP) is 4.68. The van der Waals surface area contributed by atoms with Gasteiger partial charge in [0.25, 0.3) is 0 Å². The maximum absolute atomic E-state index is 13.1. The van der Waals surface area contributed by atoms with Crippen molar-refractivity contribution in [3.63, 3.8) is 0 Å². The number of benzene rings is 2. The van der Waals surface area contributed by atoms with E-state index in [0.717, 1.165) is 23.3 Å². The van der Waals surface area contributed by atoms with Crippen LogP contribution in [0.25, 0.3) is 0 Å². The number of hydrogen-bond donors (Lipinski definition) is 1.